The molecule has 0 saturated carbocycles. The van der Waals surface area contributed by atoms with Gasteiger partial charge in [0.1, 0.15) is 23.7 Å². The van der Waals surface area contributed by atoms with Crippen LogP contribution in [0.4, 0.5) is 9.59 Å². The molecule has 2 aliphatic heterocycles. The van der Waals surface area contributed by atoms with Crippen molar-refractivity contribution in [2.45, 2.75) is 49.9 Å². The zero-order valence-electron chi connectivity index (χ0n) is 35.3. The lowest BCUT2D eigenvalue weighted by atomic mass is 10.0. The van der Waals surface area contributed by atoms with Crippen LogP contribution in [0.3, 0.4) is 0 Å². The number of carbonyl (C=O) groups is 4. The maximum atomic E-state index is 14.1. The van der Waals surface area contributed by atoms with E-state index >= 15 is 0 Å². The number of likely N-dealkylation sites (tertiary alicyclic amines) is 2. The molecule has 4 amide bonds. The van der Waals surface area contributed by atoms with E-state index < -0.39 is 24.3 Å². The highest BCUT2D eigenvalue weighted by molar-refractivity contribution is 6.04. The molecule has 64 heavy (non-hydrogen) atoms. The summed E-state index contributed by atoms with van der Waals surface area (Å²) in [5.41, 5.74) is 6.28. The summed E-state index contributed by atoms with van der Waals surface area (Å²) in [6.07, 6.45) is 3.03. The van der Waals surface area contributed by atoms with Crippen LogP contribution in [0.15, 0.2) is 121 Å². The highest BCUT2D eigenvalue weighted by atomic mass is 16.5. The van der Waals surface area contributed by atoms with E-state index in [1.807, 2.05) is 97.2 Å². The second-order valence-electron chi connectivity index (χ2n) is 16.1. The van der Waals surface area contributed by atoms with Gasteiger partial charge in [0.25, 0.3) is 11.8 Å². The molecule has 0 radical (unpaired) electrons. The first-order valence-electron chi connectivity index (χ1n) is 21.3. The minimum atomic E-state index is -1.18. The lowest BCUT2D eigenvalue weighted by Gasteiger charge is -2.32. The average molecular weight is 855 g/mol. The summed E-state index contributed by atoms with van der Waals surface area (Å²) in [6.45, 7) is 1.05. The van der Waals surface area contributed by atoms with Gasteiger partial charge in [-0.25, -0.2) is 19.6 Å². The molecule has 0 aliphatic carbocycles. The first kappa shape index (κ1) is 41.4. The molecule has 0 spiro atoms. The maximum Gasteiger partial charge on any atom is 0.407 e. The maximum absolute atomic E-state index is 14.1. The molecule has 322 valence electrons. The Bertz CT molecular complexity index is 2920. The average Bonchev–Trinajstić information content (AvgIpc) is 4.17. The van der Waals surface area contributed by atoms with Crippen molar-refractivity contribution in [3.05, 3.63) is 155 Å². The Labute approximate surface area is 369 Å². The van der Waals surface area contributed by atoms with Crippen molar-refractivity contribution >= 4 is 45.8 Å². The van der Waals surface area contributed by atoms with Crippen LogP contribution in [0, 0.1) is 11.8 Å². The summed E-state index contributed by atoms with van der Waals surface area (Å²) in [5, 5.41) is 14.5. The van der Waals surface area contributed by atoms with Gasteiger partial charge in [-0.05, 0) is 72.5 Å². The summed E-state index contributed by atoms with van der Waals surface area (Å²) in [4.78, 5) is 73.5. The lowest BCUT2D eigenvalue weighted by molar-refractivity contribution is -0.137. The Morgan fingerprint density at radius 2 is 1.42 bits per heavy atom. The third kappa shape index (κ3) is 8.23. The van der Waals surface area contributed by atoms with Crippen molar-refractivity contribution in [1.82, 2.24) is 40.0 Å². The van der Waals surface area contributed by atoms with Crippen molar-refractivity contribution in [3.63, 3.8) is 0 Å². The molecule has 0 unspecified atom stereocenters. The van der Waals surface area contributed by atoms with Crippen LogP contribution in [0.25, 0.3) is 33.1 Å². The Hall–Kier alpha value is -7.92. The fraction of sp³-hybridized carbons (Fsp3) is 0.240. The molecule has 0 bridgehead atoms. The smallest absolute Gasteiger partial charge is 0.407 e. The number of likely N-dealkylation sites (N-methyl/N-ethyl adjacent to an activating group) is 1. The number of rotatable bonds is 9. The van der Waals surface area contributed by atoms with Crippen LogP contribution in [0.1, 0.15) is 83.8 Å². The van der Waals surface area contributed by atoms with E-state index in [2.05, 4.69) is 27.1 Å². The topological polar surface area (TPSA) is 177 Å². The fourth-order valence-electron chi connectivity index (χ4n) is 8.93. The second kappa shape index (κ2) is 17.8. The first-order valence-corrected chi connectivity index (χ1v) is 21.3. The number of aromatic nitrogens is 4. The summed E-state index contributed by atoms with van der Waals surface area (Å²) in [7, 11) is 2.70. The Balaban J connectivity index is 0.889. The third-order valence-electron chi connectivity index (χ3n) is 12.2. The van der Waals surface area contributed by atoms with Gasteiger partial charge in [0.15, 0.2) is 0 Å². The summed E-state index contributed by atoms with van der Waals surface area (Å²) < 4.78 is 4.83. The molecule has 5 aromatic carbocycles. The van der Waals surface area contributed by atoms with Crippen LogP contribution < -0.4 is 5.32 Å². The molecule has 7 aromatic rings. The Morgan fingerprint density at radius 1 is 0.781 bits per heavy atom. The van der Waals surface area contributed by atoms with Gasteiger partial charge in [-0.2, -0.15) is 0 Å². The quantitative estimate of drug-likeness (QED) is 0.105. The van der Waals surface area contributed by atoms with Crippen molar-refractivity contribution in [2.75, 3.05) is 27.2 Å². The molecule has 2 aliphatic rings. The van der Waals surface area contributed by atoms with E-state index in [4.69, 9.17) is 14.7 Å². The normalized spacial score (nSPS) is 16.8. The van der Waals surface area contributed by atoms with Gasteiger partial charge in [0.05, 0.1) is 35.9 Å². The molecule has 2 saturated heterocycles. The minimum Gasteiger partial charge on any atom is -0.465 e. The van der Waals surface area contributed by atoms with Gasteiger partial charge in [-0.1, -0.05) is 96.8 Å². The third-order valence-corrected chi connectivity index (χ3v) is 12.2. The number of imidazole rings is 2. The van der Waals surface area contributed by atoms with E-state index in [-0.39, 0.29) is 23.9 Å². The highest BCUT2D eigenvalue weighted by Gasteiger charge is 2.40. The number of fused-ring (bicyclic) bond motifs is 3. The van der Waals surface area contributed by atoms with Crippen LogP contribution in [-0.4, -0.2) is 91.0 Å². The summed E-state index contributed by atoms with van der Waals surface area (Å²) in [5.74, 6) is 7.45. The minimum absolute atomic E-state index is 0.223. The molecule has 4 heterocycles. The number of alkyl carbamates (subject to hydrolysis) is 1. The molecule has 2 aromatic heterocycles. The fourth-order valence-corrected chi connectivity index (χ4v) is 8.93. The number of carbonyl (C=O) groups excluding carboxylic acids is 3. The number of carboxylic acid groups (broad SMARTS) is 1. The van der Waals surface area contributed by atoms with Gasteiger partial charge in [0, 0.05) is 48.4 Å². The number of amides is 4. The van der Waals surface area contributed by atoms with Crippen LogP contribution in [-0.2, 0) is 14.3 Å². The SMILES string of the molecule is COC(=O)N[C@@H](C(=O)N1CCC[C@H]1c1nc(-c2ccc(C#Cc3ccc4c(ccc5nc([C@@H]6CCCN6C(=O)[C@@H](c6ccccc6)N(C)C(=O)O)[nH]c54)c3)cc2)c[nH]1)c1ccccc1. The Morgan fingerprint density at radius 3 is 2.11 bits per heavy atom. The van der Waals surface area contributed by atoms with Gasteiger partial charge in [-0.15, -0.1) is 0 Å². The lowest BCUT2D eigenvalue weighted by Crippen LogP contribution is -2.43. The van der Waals surface area contributed by atoms with E-state index in [0.717, 1.165) is 68.4 Å². The van der Waals surface area contributed by atoms with Crippen LogP contribution in [0.2, 0.25) is 0 Å². The number of hydrogen-bond acceptors (Lipinski definition) is 7. The van der Waals surface area contributed by atoms with E-state index in [1.165, 1.54) is 14.2 Å². The number of ether oxygens (including phenoxy) is 1. The van der Waals surface area contributed by atoms with Crippen molar-refractivity contribution in [2.24, 2.45) is 0 Å². The number of aromatic amines is 2. The summed E-state index contributed by atoms with van der Waals surface area (Å²) >= 11 is 0. The number of nitrogens with zero attached hydrogens (tertiary/aromatic N) is 5. The number of methoxy groups -OCH3 is 1. The van der Waals surface area contributed by atoms with E-state index in [0.29, 0.717) is 42.3 Å². The number of H-pyrrole nitrogens is 2. The standard InChI is InChI=1S/C50H46N8O6/c1-56(50(62)63)44(35-13-7-4-8-14-35)48(60)58-28-10-16-41(58)46-52-38-26-24-36-29-32(21-25-37(36)43(38)54-46)18-17-31-19-22-33(23-20-31)39-30-51-45(53-39)40-15-9-27-57(40)47(59)42(55-49(61)64-2)34-11-5-3-6-12-34/h3-8,11-14,19-26,29-30,40-42,44H,9-10,15-16,27-28H2,1-2H3,(H,51,53)(H,52,54)(H,55,61)(H,62,63)/t40-,41-,42+,44+/m0/s1. The highest BCUT2D eigenvalue weighted by Crippen LogP contribution is 2.37. The molecular weight excluding hydrogens is 809 g/mol. The Kier molecular flexibility index (Phi) is 11.5. The first-order chi connectivity index (χ1) is 31.2. The van der Waals surface area contributed by atoms with E-state index in [9.17, 15) is 24.3 Å². The van der Waals surface area contributed by atoms with Crippen LogP contribution >= 0.6 is 0 Å². The van der Waals surface area contributed by atoms with Crippen molar-refractivity contribution in [3.8, 4) is 23.1 Å². The molecule has 4 atom stereocenters. The molecule has 2 fully saturated rings. The van der Waals surface area contributed by atoms with Crippen molar-refractivity contribution in [1.29, 1.82) is 0 Å². The molecule has 14 nitrogen and oxygen atoms in total. The molecule has 14 heteroatoms. The van der Waals surface area contributed by atoms with Gasteiger partial charge < -0.3 is 34.9 Å². The predicted molar refractivity (Wildman–Crippen MR) is 241 cm³/mol. The predicted octanol–water partition coefficient (Wildman–Crippen LogP) is 8.28. The zero-order chi connectivity index (χ0) is 44.3. The molecule has 4 N–H and O–H groups in total. The zero-order valence-corrected chi connectivity index (χ0v) is 35.3. The monoisotopic (exact) mass is 854 g/mol. The summed E-state index contributed by atoms with van der Waals surface area (Å²) in [6, 6.07) is 33.6. The van der Waals surface area contributed by atoms with Gasteiger partial charge in [-0.3, -0.25) is 14.5 Å². The number of hydrogen-bond donors (Lipinski definition) is 4. The van der Waals surface area contributed by atoms with E-state index in [1.54, 1.807) is 34.1 Å². The van der Waals surface area contributed by atoms with Gasteiger partial charge in [0.2, 0.25) is 0 Å². The largest absolute Gasteiger partial charge is 0.465 e. The number of nitrogens with one attached hydrogen (secondary N) is 3. The van der Waals surface area contributed by atoms with Crippen LogP contribution in [0.5, 0.6) is 0 Å². The number of benzene rings is 5. The molecule has 9 rings (SSSR count). The van der Waals surface area contributed by atoms with Gasteiger partial charge >= 0.3 is 12.2 Å². The molecular formula is C50H46N8O6. The van der Waals surface area contributed by atoms with Crippen molar-refractivity contribution < 1.29 is 29.0 Å². The second-order valence-corrected chi connectivity index (χ2v) is 16.1.